The third-order valence-corrected chi connectivity index (χ3v) is 4.83. The topological polar surface area (TPSA) is 95.6 Å². The number of ketones is 1. The molecule has 7 nitrogen and oxygen atoms in total. The van der Waals surface area contributed by atoms with E-state index in [0.29, 0.717) is 23.2 Å². The lowest BCUT2D eigenvalue weighted by Crippen LogP contribution is -2.44. The molecule has 0 saturated carbocycles. The molecule has 0 spiro atoms. The summed E-state index contributed by atoms with van der Waals surface area (Å²) < 4.78 is 0. The lowest BCUT2D eigenvalue weighted by Gasteiger charge is -2.25. The molecule has 1 heterocycles. The summed E-state index contributed by atoms with van der Waals surface area (Å²) in [7, 11) is 0. The molecular formula is C21H21N3O4. The first-order valence-electron chi connectivity index (χ1n) is 8.98. The Morgan fingerprint density at radius 3 is 2.43 bits per heavy atom. The average Bonchev–Trinajstić information content (AvgIpc) is 2.94. The number of amides is 4. The quantitative estimate of drug-likeness (QED) is 0.596. The molecule has 1 aliphatic rings. The van der Waals surface area contributed by atoms with Crippen LogP contribution < -0.4 is 10.6 Å². The molecule has 3 rings (SSSR count). The van der Waals surface area contributed by atoms with Gasteiger partial charge in [-0.25, -0.2) is 4.79 Å². The van der Waals surface area contributed by atoms with Crippen LogP contribution in [0.5, 0.6) is 0 Å². The number of carbonyl (C=O) groups is 4. The van der Waals surface area contributed by atoms with Crippen LogP contribution in [0.15, 0.2) is 54.6 Å². The van der Waals surface area contributed by atoms with Gasteiger partial charge in [0, 0.05) is 11.3 Å². The molecule has 2 aromatic rings. The van der Waals surface area contributed by atoms with Crippen LogP contribution in [-0.2, 0) is 15.1 Å². The molecule has 0 radical (unpaired) electrons. The Morgan fingerprint density at radius 2 is 1.79 bits per heavy atom. The minimum Gasteiger partial charge on any atom is -0.325 e. The lowest BCUT2D eigenvalue weighted by molar-refractivity contribution is -0.134. The van der Waals surface area contributed by atoms with Crippen molar-refractivity contribution in [2.24, 2.45) is 0 Å². The van der Waals surface area contributed by atoms with Crippen LogP contribution in [0.3, 0.4) is 0 Å². The fourth-order valence-corrected chi connectivity index (χ4v) is 3.29. The van der Waals surface area contributed by atoms with Crippen molar-refractivity contribution < 1.29 is 19.2 Å². The summed E-state index contributed by atoms with van der Waals surface area (Å²) in [6.07, 6.45) is 0.361. The van der Waals surface area contributed by atoms with Gasteiger partial charge in [-0.15, -0.1) is 0 Å². The second-order valence-electron chi connectivity index (χ2n) is 6.63. The molecule has 1 unspecified atom stereocenters. The zero-order valence-corrected chi connectivity index (χ0v) is 15.7. The molecule has 1 atom stereocenters. The van der Waals surface area contributed by atoms with Crippen molar-refractivity contribution in [1.29, 1.82) is 0 Å². The monoisotopic (exact) mass is 379 g/mol. The normalized spacial score (nSPS) is 18.7. The van der Waals surface area contributed by atoms with Crippen LogP contribution in [0.4, 0.5) is 10.5 Å². The number of nitrogens with one attached hydrogen (secondary N) is 2. The van der Waals surface area contributed by atoms with Crippen molar-refractivity contribution >= 4 is 29.3 Å². The summed E-state index contributed by atoms with van der Waals surface area (Å²) in [6, 6.07) is 14.8. The number of hydrogen-bond acceptors (Lipinski definition) is 4. The van der Waals surface area contributed by atoms with Gasteiger partial charge in [-0.05, 0) is 31.0 Å². The van der Waals surface area contributed by atoms with E-state index >= 15 is 0 Å². The Hall–Kier alpha value is -3.48. The van der Waals surface area contributed by atoms with Crippen molar-refractivity contribution in [3.63, 3.8) is 0 Å². The number of urea groups is 1. The minimum atomic E-state index is -1.17. The molecule has 1 fully saturated rings. The first-order valence-corrected chi connectivity index (χ1v) is 8.98. The maximum atomic E-state index is 13.0. The number of anilines is 1. The van der Waals surface area contributed by atoms with Gasteiger partial charge in [-0.3, -0.25) is 19.3 Å². The second kappa shape index (κ2) is 7.64. The summed E-state index contributed by atoms with van der Waals surface area (Å²) in [6.45, 7) is 2.83. The van der Waals surface area contributed by atoms with Gasteiger partial charge in [0.15, 0.2) is 5.78 Å². The second-order valence-corrected chi connectivity index (χ2v) is 6.63. The van der Waals surface area contributed by atoms with Crippen LogP contribution in [0.1, 0.15) is 36.2 Å². The first kappa shape index (κ1) is 19.3. The largest absolute Gasteiger partial charge is 0.325 e. The maximum Gasteiger partial charge on any atom is 0.325 e. The van der Waals surface area contributed by atoms with Crippen LogP contribution >= 0.6 is 0 Å². The average molecular weight is 379 g/mol. The highest BCUT2D eigenvalue weighted by atomic mass is 16.2. The number of nitrogens with zero attached hydrogens (tertiary/aromatic N) is 1. The summed E-state index contributed by atoms with van der Waals surface area (Å²) >= 11 is 0. The fourth-order valence-electron chi connectivity index (χ4n) is 3.29. The Bertz CT molecular complexity index is 942. The number of benzene rings is 2. The van der Waals surface area contributed by atoms with Gasteiger partial charge < -0.3 is 10.6 Å². The molecule has 4 amide bonds. The minimum absolute atomic E-state index is 0.124. The highest BCUT2D eigenvalue weighted by Crippen LogP contribution is 2.32. The molecule has 2 aromatic carbocycles. The Kier molecular flexibility index (Phi) is 5.26. The molecule has 1 saturated heterocycles. The van der Waals surface area contributed by atoms with Crippen LogP contribution in [0, 0.1) is 0 Å². The maximum absolute atomic E-state index is 13.0. The zero-order chi connectivity index (χ0) is 20.3. The van der Waals surface area contributed by atoms with Crippen molar-refractivity contribution in [2.75, 3.05) is 11.9 Å². The highest BCUT2D eigenvalue weighted by molar-refractivity contribution is 6.10. The predicted molar refractivity (Wildman–Crippen MR) is 104 cm³/mol. The van der Waals surface area contributed by atoms with Gasteiger partial charge in [-0.1, -0.05) is 49.4 Å². The van der Waals surface area contributed by atoms with Gasteiger partial charge in [0.2, 0.25) is 5.91 Å². The molecule has 0 aromatic heterocycles. The lowest BCUT2D eigenvalue weighted by atomic mass is 9.87. The Labute approximate surface area is 162 Å². The van der Waals surface area contributed by atoms with Crippen LogP contribution in [0.2, 0.25) is 0 Å². The summed E-state index contributed by atoms with van der Waals surface area (Å²) in [5, 5.41) is 5.36. The molecule has 144 valence electrons. The van der Waals surface area contributed by atoms with Crippen molar-refractivity contribution in [2.45, 2.75) is 25.8 Å². The first-order chi connectivity index (χ1) is 13.4. The van der Waals surface area contributed by atoms with E-state index in [1.165, 1.54) is 6.92 Å². The standard InChI is InChI=1S/C21H21N3O4/c1-3-21(16-9-5-4-6-10-16)19(27)24(20(28)23-21)13-18(26)22-17-11-7-8-15(12-17)14(2)25/h4-12H,3,13H2,1-2H3,(H,22,26)(H,23,28). The smallest absolute Gasteiger partial charge is 0.325 e. The summed E-state index contributed by atoms with van der Waals surface area (Å²) in [5.74, 6) is -1.11. The van der Waals surface area contributed by atoms with Crippen LogP contribution in [-0.4, -0.2) is 35.1 Å². The van der Waals surface area contributed by atoms with Gasteiger partial charge in [0.05, 0.1) is 0 Å². The molecule has 2 N–H and O–H groups in total. The molecule has 28 heavy (non-hydrogen) atoms. The number of hydrogen-bond donors (Lipinski definition) is 2. The van der Waals surface area contributed by atoms with E-state index in [-0.39, 0.29) is 5.78 Å². The van der Waals surface area contributed by atoms with E-state index in [9.17, 15) is 19.2 Å². The summed E-state index contributed by atoms with van der Waals surface area (Å²) in [4.78, 5) is 50.2. The molecular weight excluding hydrogens is 358 g/mol. The zero-order valence-electron chi connectivity index (χ0n) is 15.7. The number of Topliss-reactive ketones (excluding diaryl/α,β-unsaturated/α-hetero) is 1. The third kappa shape index (κ3) is 3.51. The van der Waals surface area contributed by atoms with Gasteiger partial charge in [0.1, 0.15) is 12.1 Å². The highest BCUT2D eigenvalue weighted by Gasteiger charge is 2.51. The van der Waals surface area contributed by atoms with E-state index < -0.39 is 29.9 Å². The van der Waals surface area contributed by atoms with Gasteiger partial charge in [-0.2, -0.15) is 0 Å². The summed E-state index contributed by atoms with van der Waals surface area (Å²) in [5.41, 5.74) is 0.386. The number of imide groups is 1. The molecule has 7 heteroatoms. The molecule has 1 aliphatic heterocycles. The van der Waals surface area contributed by atoms with Gasteiger partial charge in [0.25, 0.3) is 5.91 Å². The number of carbonyl (C=O) groups excluding carboxylic acids is 4. The Balaban J connectivity index is 1.76. The fraction of sp³-hybridized carbons (Fsp3) is 0.238. The molecule has 0 bridgehead atoms. The van der Waals surface area contributed by atoms with E-state index in [1.54, 1.807) is 48.5 Å². The molecule has 0 aliphatic carbocycles. The van der Waals surface area contributed by atoms with Crippen molar-refractivity contribution in [1.82, 2.24) is 10.2 Å². The van der Waals surface area contributed by atoms with E-state index in [1.807, 2.05) is 13.0 Å². The predicted octanol–water partition coefficient (Wildman–Crippen LogP) is 2.69. The van der Waals surface area contributed by atoms with E-state index in [0.717, 1.165) is 4.90 Å². The van der Waals surface area contributed by atoms with E-state index in [4.69, 9.17) is 0 Å². The number of rotatable bonds is 6. The van der Waals surface area contributed by atoms with Crippen molar-refractivity contribution in [3.8, 4) is 0 Å². The van der Waals surface area contributed by atoms with Gasteiger partial charge >= 0.3 is 6.03 Å². The van der Waals surface area contributed by atoms with Crippen LogP contribution in [0.25, 0.3) is 0 Å². The third-order valence-electron chi connectivity index (χ3n) is 4.83. The van der Waals surface area contributed by atoms with Crippen molar-refractivity contribution in [3.05, 3.63) is 65.7 Å². The van der Waals surface area contributed by atoms with E-state index in [2.05, 4.69) is 10.6 Å². The SMILES string of the molecule is CCC1(c2ccccc2)NC(=O)N(CC(=O)Nc2cccc(C(C)=O)c2)C1=O. The Morgan fingerprint density at radius 1 is 1.07 bits per heavy atom.